The highest BCUT2D eigenvalue weighted by molar-refractivity contribution is 9.10. The summed E-state index contributed by atoms with van der Waals surface area (Å²) in [6.07, 6.45) is 0.347. The van der Waals surface area contributed by atoms with Gasteiger partial charge in [-0.15, -0.1) is 0 Å². The lowest BCUT2D eigenvalue weighted by Gasteiger charge is -2.07. The third kappa shape index (κ3) is 6.12. The van der Waals surface area contributed by atoms with Crippen molar-refractivity contribution in [3.63, 3.8) is 0 Å². The molecule has 0 aliphatic heterocycles. The molecule has 1 aromatic carbocycles. The molecular weight excluding hydrogens is 282 g/mol. The van der Waals surface area contributed by atoms with Crippen LogP contribution in [0, 0.1) is 0 Å². The van der Waals surface area contributed by atoms with Crippen molar-refractivity contribution in [1.82, 2.24) is 5.32 Å². The molecule has 0 saturated carbocycles. The quantitative estimate of drug-likeness (QED) is 0.820. The monoisotopic (exact) mass is 297 g/mol. The summed E-state index contributed by atoms with van der Waals surface area (Å²) in [5, 5.41) is 2.75. The number of carbonyl (C=O) groups excluding carboxylic acids is 1. The molecule has 1 rings (SSSR count). The van der Waals surface area contributed by atoms with Gasteiger partial charge in [0.15, 0.2) is 0 Å². The Morgan fingerprint density at radius 1 is 1.53 bits per heavy atom. The number of nitrogens with one attached hydrogen (secondary N) is 1. The first-order valence-electron chi connectivity index (χ1n) is 5.37. The maximum absolute atomic E-state index is 11.4. The fourth-order valence-corrected chi connectivity index (χ4v) is 1.53. The van der Waals surface area contributed by atoms with Crippen LogP contribution >= 0.6 is 15.9 Å². The van der Waals surface area contributed by atoms with Crippen LogP contribution in [0.2, 0.25) is 0 Å². The van der Waals surface area contributed by atoms with Gasteiger partial charge in [-0.05, 0) is 25.1 Å². The Kier molecular flexibility index (Phi) is 5.77. The summed E-state index contributed by atoms with van der Waals surface area (Å²) in [4.78, 5) is 11.4. The van der Waals surface area contributed by atoms with Gasteiger partial charge in [-0.25, -0.2) is 0 Å². The van der Waals surface area contributed by atoms with Crippen LogP contribution in [0.25, 0.3) is 0 Å². The fraction of sp³-hybridized carbons (Fsp3) is 0.308. The van der Waals surface area contributed by atoms with Crippen molar-refractivity contribution < 1.29 is 9.53 Å². The second-order valence-corrected chi connectivity index (χ2v) is 4.71. The lowest BCUT2D eigenvalue weighted by molar-refractivity contribution is -0.121. The van der Waals surface area contributed by atoms with Crippen LogP contribution in [0.1, 0.15) is 13.3 Å². The predicted octanol–water partition coefficient (Wildman–Crippen LogP) is 2.91. The molecule has 0 heterocycles. The predicted molar refractivity (Wildman–Crippen MR) is 72.1 cm³/mol. The molecule has 0 fully saturated rings. The van der Waals surface area contributed by atoms with Crippen molar-refractivity contribution in [1.29, 1.82) is 0 Å². The number of benzene rings is 1. The summed E-state index contributed by atoms with van der Waals surface area (Å²) in [6.45, 7) is 6.48. The number of halogens is 1. The normalized spacial score (nSPS) is 9.76. The minimum absolute atomic E-state index is 0.0250. The Morgan fingerprint density at radius 2 is 2.29 bits per heavy atom. The molecule has 92 valence electrons. The van der Waals surface area contributed by atoms with Gasteiger partial charge < -0.3 is 10.1 Å². The highest BCUT2D eigenvalue weighted by Crippen LogP contribution is 2.17. The summed E-state index contributed by atoms with van der Waals surface area (Å²) < 4.78 is 6.41. The van der Waals surface area contributed by atoms with Crippen molar-refractivity contribution in [2.24, 2.45) is 0 Å². The third-order valence-corrected chi connectivity index (χ3v) is 2.47. The Balaban J connectivity index is 2.23. The van der Waals surface area contributed by atoms with Gasteiger partial charge in [-0.3, -0.25) is 4.79 Å². The lowest BCUT2D eigenvalue weighted by Crippen LogP contribution is -2.26. The number of carbonyl (C=O) groups is 1. The largest absolute Gasteiger partial charge is 0.493 e. The third-order valence-electron chi connectivity index (χ3n) is 1.98. The SMILES string of the molecule is C=C(C)CNC(=O)CCOc1cccc(Br)c1. The Morgan fingerprint density at radius 3 is 2.94 bits per heavy atom. The maximum atomic E-state index is 11.4. The molecule has 0 aliphatic rings. The van der Waals surface area contributed by atoms with E-state index in [2.05, 4.69) is 27.8 Å². The molecule has 0 spiro atoms. The van der Waals surface area contributed by atoms with Gasteiger partial charge >= 0.3 is 0 Å². The van der Waals surface area contributed by atoms with Crippen LogP contribution in [0.3, 0.4) is 0 Å². The molecule has 0 saturated heterocycles. The standard InChI is InChI=1S/C13H16BrNO2/c1-10(2)9-15-13(16)6-7-17-12-5-3-4-11(14)8-12/h3-5,8H,1,6-7,9H2,2H3,(H,15,16). The maximum Gasteiger partial charge on any atom is 0.223 e. The topological polar surface area (TPSA) is 38.3 Å². The van der Waals surface area contributed by atoms with Crippen LogP contribution in [0.5, 0.6) is 5.75 Å². The minimum Gasteiger partial charge on any atom is -0.493 e. The van der Waals surface area contributed by atoms with Crippen molar-refractivity contribution in [3.05, 3.63) is 40.9 Å². The molecule has 0 aromatic heterocycles. The van der Waals surface area contributed by atoms with E-state index in [0.717, 1.165) is 15.8 Å². The molecule has 1 amide bonds. The van der Waals surface area contributed by atoms with Crippen molar-refractivity contribution in [2.45, 2.75) is 13.3 Å². The molecule has 4 heteroatoms. The van der Waals surface area contributed by atoms with Gasteiger partial charge in [0.1, 0.15) is 5.75 Å². The number of hydrogen-bond acceptors (Lipinski definition) is 2. The second-order valence-electron chi connectivity index (χ2n) is 3.79. The van der Waals surface area contributed by atoms with E-state index in [1.54, 1.807) is 0 Å². The van der Waals surface area contributed by atoms with E-state index in [-0.39, 0.29) is 5.91 Å². The minimum atomic E-state index is -0.0250. The smallest absolute Gasteiger partial charge is 0.223 e. The van der Waals surface area contributed by atoms with E-state index in [1.807, 2.05) is 31.2 Å². The van der Waals surface area contributed by atoms with E-state index >= 15 is 0 Å². The molecule has 0 radical (unpaired) electrons. The average Bonchev–Trinajstić information content (AvgIpc) is 2.26. The molecule has 1 N–H and O–H groups in total. The zero-order chi connectivity index (χ0) is 12.7. The van der Waals surface area contributed by atoms with Gasteiger partial charge in [-0.1, -0.05) is 34.1 Å². The van der Waals surface area contributed by atoms with Gasteiger partial charge in [0.05, 0.1) is 13.0 Å². The molecule has 3 nitrogen and oxygen atoms in total. The van der Waals surface area contributed by atoms with Gasteiger partial charge in [0.25, 0.3) is 0 Å². The molecule has 0 unspecified atom stereocenters. The molecule has 17 heavy (non-hydrogen) atoms. The van der Waals surface area contributed by atoms with Crippen LogP contribution in [0.15, 0.2) is 40.9 Å². The second kappa shape index (κ2) is 7.12. The van der Waals surface area contributed by atoms with E-state index in [9.17, 15) is 4.79 Å². The average molecular weight is 298 g/mol. The Labute approximate surface area is 110 Å². The van der Waals surface area contributed by atoms with Gasteiger partial charge in [0, 0.05) is 11.0 Å². The van der Waals surface area contributed by atoms with Gasteiger partial charge in [0.2, 0.25) is 5.91 Å². The number of hydrogen-bond donors (Lipinski definition) is 1. The first kappa shape index (κ1) is 13.8. The first-order valence-corrected chi connectivity index (χ1v) is 6.16. The first-order chi connectivity index (χ1) is 8.08. The Bertz CT molecular complexity index is 404. The summed E-state index contributed by atoms with van der Waals surface area (Å²) in [7, 11) is 0. The van der Waals surface area contributed by atoms with Crippen LogP contribution < -0.4 is 10.1 Å². The van der Waals surface area contributed by atoms with E-state index < -0.39 is 0 Å². The molecule has 1 aromatic rings. The fourth-order valence-electron chi connectivity index (χ4n) is 1.16. The van der Waals surface area contributed by atoms with Crippen molar-refractivity contribution in [2.75, 3.05) is 13.2 Å². The molecule has 0 aliphatic carbocycles. The number of rotatable bonds is 6. The summed E-state index contributed by atoms with van der Waals surface area (Å²) in [5.74, 6) is 0.732. The van der Waals surface area contributed by atoms with Gasteiger partial charge in [-0.2, -0.15) is 0 Å². The summed E-state index contributed by atoms with van der Waals surface area (Å²) in [5.41, 5.74) is 0.936. The van der Waals surface area contributed by atoms with Crippen LogP contribution in [-0.4, -0.2) is 19.1 Å². The van der Waals surface area contributed by atoms with E-state index in [4.69, 9.17) is 4.74 Å². The molecule has 0 atom stereocenters. The lowest BCUT2D eigenvalue weighted by atomic mass is 10.3. The van der Waals surface area contributed by atoms with Crippen LogP contribution in [-0.2, 0) is 4.79 Å². The summed E-state index contributed by atoms with van der Waals surface area (Å²) in [6, 6.07) is 7.54. The van der Waals surface area contributed by atoms with Crippen molar-refractivity contribution in [3.8, 4) is 5.75 Å². The van der Waals surface area contributed by atoms with Crippen LogP contribution in [0.4, 0.5) is 0 Å². The molecular formula is C13H16BrNO2. The van der Waals surface area contributed by atoms with E-state index in [0.29, 0.717) is 19.6 Å². The van der Waals surface area contributed by atoms with E-state index in [1.165, 1.54) is 0 Å². The molecule has 0 bridgehead atoms. The highest BCUT2D eigenvalue weighted by atomic mass is 79.9. The zero-order valence-corrected chi connectivity index (χ0v) is 11.4. The van der Waals surface area contributed by atoms with Crippen molar-refractivity contribution >= 4 is 21.8 Å². The Hall–Kier alpha value is -1.29. The zero-order valence-electron chi connectivity index (χ0n) is 9.83. The summed E-state index contributed by atoms with van der Waals surface area (Å²) >= 11 is 3.35. The highest BCUT2D eigenvalue weighted by Gasteiger charge is 2.01. The number of amides is 1. The number of ether oxygens (including phenoxy) is 1.